The number of benzene rings is 7. The van der Waals surface area contributed by atoms with E-state index in [0.717, 1.165) is 0 Å². The first-order valence-corrected chi connectivity index (χ1v) is 16.7. The van der Waals surface area contributed by atoms with Crippen molar-refractivity contribution in [3.63, 3.8) is 0 Å². The summed E-state index contributed by atoms with van der Waals surface area (Å²) >= 11 is 1.93. The first kappa shape index (κ1) is 24.7. The third kappa shape index (κ3) is 3.02. The molecule has 0 radical (unpaired) electrons. The third-order valence-corrected chi connectivity index (χ3v) is 11.3. The molecular weight excluding hydrogens is 575 g/mol. The Morgan fingerprint density at radius 3 is 1.98 bits per heavy atom. The zero-order valence-corrected chi connectivity index (χ0v) is 25.6. The highest BCUT2D eigenvalue weighted by Crippen LogP contribution is 2.52. The Bertz CT molecular complexity index is 2720. The molecule has 9 aromatic rings. The molecule has 0 unspecified atom stereocenters. The van der Waals surface area contributed by atoms with E-state index in [9.17, 15) is 0 Å². The van der Waals surface area contributed by atoms with Crippen LogP contribution in [-0.2, 0) is 0 Å². The minimum Gasteiger partial charge on any atom is -0.376 e. The Morgan fingerprint density at radius 2 is 1.13 bits per heavy atom. The highest BCUT2D eigenvalue weighted by Gasteiger charge is 2.45. The molecule has 0 fully saturated rings. The van der Waals surface area contributed by atoms with Crippen LogP contribution in [0.3, 0.4) is 0 Å². The lowest BCUT2D eigenvalue weighted by atomic mass is 9.42. The lowest BCUT2D eigenvalue weighted by Crippen LogP contribution is -2.59. The number of para-hydroxylation sites is 4. The van der Waals surface area contributed by atoms with Gasteiger partial charge in [-0.15, -0.1) is 11.3 Å². The summed E-state index contributed by atoms with van der Waals surface area (Å²) in [5, 5.41) is 5.35. The fourth-order valence-electron chi connectivity index (χ4n) is 8.47. The second kappa shape index (κ2) is 9.00. The number of hydrogen-bond acceptors (Lipinski definition) is 2. The molecule has 0 amide bonds. The molecule has 0 spiro atoms. The van der Waals surface area contributed by atoms with Crippen LogP contribution >= 0.6 is 11.3 Å². The molecule has 4 heterocycles. The molecule has 2 aromatic heterocycles. The molecule has 46 heavy (non-hydrogen) atoms. The van der Waals surface area contributed by atoms with Gasteiger partial charge in [-0.3, -0.25) is 0 Å². The van der Waals surface area contributed by atoms with Gasteiger partial charge in [-0.25, -0.2) is 0 Å². The van der Waals surface area contributed by atoms with E-state index in [-0.39, 0.29) is 6.85 Å². The molecule has 2 aliphatic heterocycles. The fourth-order valence-corrected chi connectivity index (χ4v) is 9.72. The summed E-state index contributed by atoms with van der Waals surface area (Å²) in [5.41, 5.74) is 14.3. The van der Waals surface area contributed by atoms with Crippen LogP contribution in [0.4, 0.5) is 11.4 Å². The Hall–Kier alpha value is -5.58. The first-order valence-electron chi connectivity index (χ1n) is 15.9. The Kier molecular flexibility index (Phi) is 4.83. The zero-order valence-electron chi connectivity index (χ0n) is 24.8. The van der Waals surface area contributed by atoms with E-state index in [1.165, 1.54) is 92.2 Å². The van der Waals surface area contributed by atoms with E-state index >= 15 is 0 Å². The summed E-state index contributed by atoms with van der Waals surface area (Å²) in [6.07, 6.45) is 0. The number of aromatic nitrogens is 1. The van der Waals surface area contributed by atoms with Gasteiger partial charge in [-0.2, -0.15) is 0 Å². The van der Waals surface area contributed by atoms with Gasteiger partial charge >= 0.3 is 6.85 Å². The van der Waals surface area contributed by atoms with Crippen LogP contribution in [0.1, 0.15) is 0 Å². The molecule has 0 aliphatic carbocycles. The monoisotopic (exact) mass is 600 g/mol. The average molecular weight is 601 g/mol. The summed E-state index contributed by atoms with van der Waals surface area (Å²) in [5.74, 6) is 0. The smallest absolute Gasteiger partial charge is 0.330 e. The number of rotatable bonds is 1. The van der Waals surface area contributed by atoms with Crippen molar-refractivity contribution in [2.45, 2.75) is 0 Å². The fraction of sp³-hybridized carbons (Fsp3) is 0. The van der Waals surface area contributed by atoms with E-state index in [1.54, 1.807) is 0 Å². The predicted molar refractivity (Wildman–Crippen MR) is 198 cm³/mol. The van der Waals surface area contributed by atoms with Crippen molar-refractivity contribution in [2.24, 2.45) is 0 Å². The van der Waals surface area contributed by atoms with Crippen molar-refractivity contribution in [1.29, 1.82) is 0 Å². The summed E-state index contributed by atoms with van der Waals surface area (Å²) in [6, 6.07) is 56.1. The maximum absolute atomic E-state index is 2.63. The Morgan fingerprint density at radius 1 is 0.500 bits per heavy atom. The number of hydrogen-bond donors (Lipinski definition) is 0. The molecule has 0 bridgehead atoms. The average Bonchev–Trinajstić information content (AvgIpc) is 3.68. The maximum atomic E-state index is 2.63. The minimum absolute atomic E-state index is 0.0107. The normalized spacial score (nSPS) is 13.1. The van der Waals surface area contributed by atoms with Gasteiger partial charge in [0, 0.05) is 54.4 Å². The van der Waals surface area contributed by atoms with E-state index in [2.05, 4.69) is 161 Å². The van der Waals surface area contributed by atoms with Gasteiger partial charge in [0.25, 0.3) is 0 Å². The van der Waals surface area contributed by atoms with Gasteiger partial charge in [0.05, 0.1) is 15.7 Å². The Labute approximate surface area is 270 Å². The van der Waals surface area contributed by atoms with Gasteiger partial charge in [0.1, 0.15) is 0 Å². The SMILES string of the molecule is c1ccc(-n2c3ccccc3c3c4c(c5c6ccccc6sc5c32)-c2ccccc2N2B4c3ccccc3-c3ccccc32)cc1. The third-order valence-electron chi connectivity index (χ3n) is 10.2. The molecule has 0 saturated carbocycles. The maximum Gasteiger partial charge on any atom is 0.330 e. The van der Waals surface area contributed by atoms with Crippen molar-refractivity contribution in [3.05, 3.63) is 152 Å². The first-order chi connectivity index (χ1) is 22.9. The summed E-state index contributed by atoms with van der Waals surface area (Å²) in [7, 11) is 0. The summed E-state index contributed by atoms with van der Waals surface area (Å²) in [4.78, 5) is 2.63. The van der Waals surface area contributed by atoms with Crippen molar-refractivity contribution in [1.82, 2.24) is 4.57 Å². The van der Waals surface area contributed by atoms with Gasteiger partial charge in [0.15, 0.2) is 0 Å². The highest BCUT2D eigenvalue weighted by molar-refractivity contribution is 7.27. The second-order valence-corrected chi connectivity index (χ2v) is 13.4. The number of anilines is 2. The van der Waals surface area contributed by atoms with E-state index in [1.807, 2.05) is 11.3 Å². The van der Waals surface area contributed by atoms with E-state index in [4.69, 9.17) is 0 Å². The van der Waals surface area contributed by atoms with Crippen LogP contribution in [0.2, 0.25) is 0 Å². The zero-order chi connectivity index (χ0) is 29.9. The van der Waals surface area contributed by atoms with Crippen molar-refractivity contribution >= 4 is 82.5 Å². The number of fused-ring (bicyclic) bond motifs is 20. The predicted octanol–water partition coefficient (Wildman–Crippen LogP) is 10.1. The van der Waals surface area contributed by atoms with Crippen LogP contribution in [0.5, 0.6) is 0 Å². The van der Waals surface area contributed by atoms with Crippen LogP contribution in [0.25, 0.3) is 69.9 Å². The highest BCUT2D eigenvalue weighted by atomic mass is 32.1. The molecule has 4 heteroatoms. The van der Waals surface area contributed by atoms with Crippen LogP contribution in [0.15, 0.2) is 152 Å². The van der Waals surface area contributed by atoms with Crippen molar-refractivity contribution < 1.29 is 0 Å². The molecule has 0 saturated heterocycles. The Balaban J connectivity index is 1.45. The largest absolute Gasteiger partial charge is 0.376 e. The van der Waals surface area contributed by atoms with Crippen molar-refractivity contribution in [2.75, 3.05) is 4.81 Å². The van der Waals surface area contributed by atoms with E-state index < -0.39 is 0 Å². The summed E-state index contributed by atoms with van der Waals surface area (Å²) in [6.45, 7) is 0.0107. The molecule has 2 aliphatic rings. The summed E-state index contributed by atoms with van der Waals surface area (Å²) < 4.78 is 5.20. The number of nitrogens with zero attached hydrogens (tertiary/aromatic N) is 2. The molecular formula is C42H25BN2S. The van der Waals surface area contributed by atoms with Crippen LogP contribution in [0, 0.1) is 0 Å². The number of thiophene rings is 1. The molecule has 11 rings (SSSR count). The van der Waals surface area contributed by atoms with Crippen LogP contribution < -0.4 is 15.7 Å². The van der Waals surface area contributed by atoms with Gasteiger partial charge < -0.3 is 9.38 Å². The molecule has 0 atom stereocenters. The molecule has 2 nitrogen and oxygen atoms in total. The van der Waals surface area contributed by atoms with Gasteiger partial charge in [0.2, 0.25) is 0 Å². The minimum atomic E-state index is 0.0107. The standard InChI is InChI=1S/C42H25BN2S/c1-2-14-26(15-3-1)44-33-22-10-6-18-29(33)39-40-37(38-31-20-8-13-25-36(31)46-42(38)41(39)44)30-19-7-12-24-35(30)45-34-23-11-5-17-28(34)27-16-4-9-21-32(27)43(40)45/h1-25H. The lowest BCUT2D eigenvalue weighted by Gasteiger charge is -2.44. The lowest BCUT2D eigenvalue weighted by molar-refractivity contribution is 1.19. The van der Waals surface area contributed by atoms with Gasteiger partial charge in [-0.05, 0) is 58.5 Å². The second-order valence-electron chi connectivity index (χ2n) is 12.4. The molecule has 212 valence electrons. The van der Waals surface area contributed by atoms with Crippen LogP contribution in [-0.4, -0.2) is 11.4 Å². The van der Waals surface area contributed by atoms with E-state index in [0.29, 0.717) is 0 Å². The topological polar surface area (TPSA) is 8.17 Å². The van der Waals surface area contributed by atoms with Crippen molar-refractivity contribution in [3.8, 4) is 27.9 Å². The van der Waals surface area contributed by atoms with Gasteiger partial charge in [-0.1, -0.05) is 115 Å². The molecule has 7 aromatic carbocycles. The quantitative estimate of drug-likeness (QED) is 0.170. The molecule has 0 N–H and O–H groups in total.